The molecule has 138 valence electrons. The molecule has 27 heavy (non-hydrogen) atoms. The Bertz CT molecular complexity index is 923. The molecule has 1 amide bonds. The van der Waals surface area contributed by atoms with Gasteiger partial charge in [-0.05, 0) is 48.2 Å². The van der Waals surface area contributed by atoms with Crippen molar-refractivity contribution in [1.29, 1.82) is 0 Å². The normalized spacial score (nSPS) is 11.6. The van der Waals surface area contributed by atoms with E-state index < -0.39 is 6.04 Å². The van der Waals surface area contributed by atoms with Crippen molar-refractivity contribution in [2.24, 2.45) is 0 Å². The van der Waals surface area contributed by atoms with E-state index in [4.69, 9.17) is 0 Å². The minimum atomic E-state index is -0.610. The Hall–Kier alpha value is -3.27. The highest BCUT2D eigenvalue weighted by molar-refractivity contribution is 5.86. The fourth-order valence-corrected chi connectivity index (χ4v) is 2.88. The lowest BCUT2D eigenvalue weighted by Crippen LogP contribution is -2.33. The number of carbonyl (C=O) groups is 1. The first-order valence-electron chi connectivity index (χ1n) is 8.98. The summed E-state index contributed by atoms with van der Waals surface area (Å²) in [5.41, 5.74) is 4.70. The zero-order chi connectivity index (χ0) is 19.2. The van der Waals surface area contributed by atoms with E-state index in [0.717, 1.165) is 16.7 Å². The van der Waals surface area contributed by atoms with Crippen molar-refractivity contribution >= 4 is 11.6 Å². The van der Waals surface area contributed by atoms with Gasteiger partial charge in [0.2, 0.25) is 5.91 Å². The number of anilines is 1. The quantitative estimate of drug-likeness (QED) is 0.568. The number of nitrogens with one attached hydrogen (secondary N) is 2. The molecule has 0 spiro atoms. The largest absolute Gasteiger partial charge is 0.506 e. The SMILES string of the molecule is Cc1ccc([C@@H](Nc2ccccc2O)C(=O)NCc2ccccc2)cc1C. The Morgan fingerprint density at radius 3 is 2.33 bits per heavy atom. The Kier molecular flexibility index (Phi) is 5.77. The van der Waals surface area contributed by atoms with Crippen LogP contribution >= 0.6 is 0 Å². The number of phenols is 1. The van der Waals surface area contributed by atoms with Crippen molar-refractivity contribution in [3.63, 3.8) is 0 Å². The summed E-state index contributed by atoms with van der Waals surface area (Å²) in [6.07, 6.45) is 0. The van der Waals surface area contributed by atoms with Crippen LogP contribution in [0.3, 0.4) is 0 Å². The van der Waals surface area contributed by atoms with Gasteiger partial charge in [-0.15, -0.1) is 0 Å². The summed E-state index contributed by atoms with van der Waals surface area (Å²) in [6, 6.07) is 22.1. The highest BCUT2D eigenvalue weighted by Gasteiger charge is 2.22. The lowest BCUT2D eigenvalue weighted by Gasteiger charge is -2.21. The average molecular weight is 360 g/mol. The number of phenolic OH excluding ortho intramolecular Hbond substituents is 1. The maximum atomic E-state index is 13.0. The Labute approximate surface area is 159 Å². The summed E-state index contributed by atoms with van der Waals surface area (Å²) in [6.45, 7) is 4.52. The first kappa shape index (κ1) is 18.5. The maximum Gasteiger partial charge on any atom is 0.247 e. The average Bonchev–Trinajstić information content (AvgIpc) is 2.68. The second-order valence-electron chi connectivity index (χ2n) is 6.64. The standard InChI is InChI=1S/C23H24N2O2/c1-16-12-13-19(14-17(16)2)22(25-20-10-6-7-11-21(20)26)23(27)24-15-18-8-4-3-5-9-18/h3-14,22,25-26H,15H2,1-2H3,(H,24,27)/t22-/m1/s1. The first-order chi connectivity index (χ1) is 13.0. The van der Waals surface area contributed by atoms with Crippen molar-refractivity contribution < 1.29 is 9.90 Å². The molecule has 0 bridgehead atoms. The lowest BCUT2D eigenvalue weighted by atomic mass is 10.00. The molecule has 0 unspecified atom stereocenters. The summed E-state index contributed by atoms with van der Waals surface area (Å²) in [7, 11) is 0. The predicted octanol–water partition coefficient (Wildman–Crippen LogP) is 4.48. The minimum absolute atomic E-state index is 0.113. The van der Waals surface area contributed by atoms with Crippen LogP contribution in [-0.2, 0) is 11.3 Å². The number of amides is 1. The number of benzene rings is 3. The van der Waals surface area contributed by atoms with Crippen molar-refractivity contribution in [3.05, 3.63) is 95.1 Å². The van der Waals surface area contributed by atoms with Gasteiger partial charge in [-0.1, -0.05) is 60.7 Å². The number of aromatic hydroxyl groups is 1. The van der Waals surface area contributed by atoms with E-state index in [1.807, 2.05) is 68.4 Å². The second-order valence-corrected chi connectivity index (χ2v) is 6.64. The summed E-state index contributed by atoms with van der Waals surface area (Å²) < 4.78 is 0. The molecule has 3 N–H and O–H groups in total. The van der Waals surface area contributed by atoms with E-state index in [1.54, 1.807) is 18.2 Å². The van der Waals surface area contributed by atoms with E-state index in [2.05, 4.69) is 10.6 Å². The van der Waals surface area contributed by atoms with Crippen LogP contribution in [0.15, 0.2) is 72.8 Å². The molecule has 3 rings (SSSR count). The smallest absolute Gasteiger partial charge is 0.247 e. The predicted molar refractivity (Wildman–Crippen MR) is 109 cm³/mol. The van der Waals surface area contributed by atoms with Gasteiger partial charge in [0.1, 0.15) is 11.8 Å². The molecule has 4 nitrogen and oxygen atoms in total. The fourth-order valence-electron chi connectivity index (χ4n) is 2.88. The van der Waals surface area contributed by atoms with Gasteiger partial charge < -0.3 is 15.7 Å². The molecule has 1 atom stereocenters. The van der Waals surface area contributed by atoms with E-state index in [1.165, 1.54) is 5.56 Å². The van der Waals surface area contributed by atoms with E-state index in [9.17, 15) is 9.90 Å². The van der Waals surface area contributed by atoms with Crippen LogP contribution in [0.2, 0.25) is 0 Å². The first-order valence-corrected chi connectivity index (χ1v) is 8.98. The monoisotopic (exact) mass is 360 g/mol. The molecule has 0 aromatic heterocycles. The molecule has 4 heteroatoms. The lowest BCUT2D eigenvalue weighted by molar-refractivity contribution is -0.122. The van der Waals surface area contributed by atoms with Gasteiger partial charge in [-0.2, -0.15) is 0 Å². The fraction of sp³-hybridized carbons (Fsp3) is 0.174. The third-order valence-electron chi connectivity index (χ3n) is 4.64. The molecule has 3 aromatic carbocycles. The van der Waals surface area contributed by atoms with E-state index in [0.29, 0.717) is 12.2 Å². The number of hydrogen-bond donors (Lipinski definition) is 3. The minimum Gasteiger partial charge on any atom is -0.506 e. The molecule has 0 heterocycles. The molecular weight excluding hydrogens is 336 g/mol. The third-order valence-corrected chi connectivity index (χ3v) is 4.64. The van der Waals surface area contributed by atoms with Gasteiger partial charge in [0, 0.05) is 6.54 Å². The van der Waals surface area contributed by atoms with E-state index >= 15 is 0 Å². The van der Waals surface area contributed by atoms with Crippen molar-refractivity contribution in [2.45, 2.75) is 26.4 Å². The second kappa shape index (κ2) is 8.41. The van der Waals surface area contributed by atoms with Crippen LogP contribution in [0.5, 0.6) is 5.75 Å². The number of rotatable bonds is 6. The topological polar surface area (TPSA) is 61.4 Å². The van der Waals surface area contributed by atoms with Crippen molar-refractivity contribution in [2.75, 3.05) is 5.32 Å². The van der Waals surface area contributed by atoms with Crippen LogP contribution in [-0.4, -0.2) is 11.0 Å². The van der Waals surface area contributed by atoms with Crippen molar-refractivity contribution in [3.8, 4) is 5.75 Å². The highest BCUT2D eigenvalue weighted by atomic mass is 16.3. The Morgan fingerprint density at radius 2 is 1.63 bits per heavy atom. The van der Waals surface area contributed by atoms with Gasteiger partial charge in [0.25, 0.3) is 0 Å². The van der Waals surface area contributed by atoms with Gasteiger partial charge >= 0.3 is 0 Å². The molecule has 0 saturated carbocycles. The molecule has 0 aliphatic carbocycles. The van der Waals surface area contributed by atoms with Gasteiger partial charge in [-0.3, -0.25) is 4.79 Å². The molecule has 0 fully saturated rings. The van der Waals surface area contributed by atoms with Crippen molar-refractivity contribution in [1.82, 2.24) is 5.32 Å². The number of aryl methyl sites for hydroxylation is 2. The third kappa shape index (κ3) is 4.67. The zero-order valence-corrected chi connectivity index (χ0v) is 15.6. The van der Waals surface area contributed by atoms with Gasteiger partial charge in [0.05, 0.1) is 5.69 Å². The Morgan fingerprint density at radius 1 is 0.926 bits per heavy atom. The molecule has 3 aromatic rings. The number of hydrogen-bond acceptors (Lipinski definition) is 3. The van der Waals surface area contributed by atoms with Gasteiger partial charge in [0.15, 0.2) is 0 Å². The zero-order valence-electron chi connectivity index (χ0n) is 15.6. The number of para-hydroxylation sites is 2. The van der Waals surface area contributed by atoms with Crippen LogP contribution in [0.1, 0.15) is 28.3 Å². The van der Waals surface area contributed by atoms with Crippen LogP contribution in [0.4, 0.5) is 5.69 Å². The number of carbonyl (C=O) groups excluding carboxylic acids is 1. The molecular formula is C23H24N2O2. The molecule has 0 radical (unpaired) electrons. The molecule has 0 saturated heterocycles. The Balaban J connectivity index is 1.85. The summed E-state index contributed by atoms with van der Waals surface area (Å²) in [5, 5.41) is 16.3. The summed E-state index contributed by atoms with van der Waals surface area (Å²) in [4.78, 5) is 13.0. The summed E-state index contributed by atoms with van der Waals surface area (Å²) in [5.74, 6) is -0.0347. The summed E-state index contributed by atoms with van der Waals surface area (Å²) >= 11 is 0. The molecule has 0 aliphatic rings. The van der Waals surface area contributed by atoms with Gasteiger partial charge in [-0.25, -0.2) is 0 Å². The molecule has 0 aliphatic heterocycles. The van der Waals surface area contributed by atoms with Crippen LogP contribution < -0.4 is 10.6 Å². The van der Waals surface area contributed by atoms with E-state index in [-0.39, 0.29) is 11.7 Å². The maximum absolute atomic E-state index is 13.0. The van der Waals surface area contributed by atoms with Crippen LogP contribution in [0, 0.1) is 13.8 Å². The van der Waals surface area contributed by atoms with Crippen LogP contribution in [0.25, 0.3) is 0 Å². The highest BCUT2D eigenvalue weighted by Crippen LogP contribution is 2.28.